The van der Waals surface area contributed by atoms with Gasteiger partial charge in [0, 0.05) is 11.8 Å². The summed E-state index contributed by atoms with van der Waals surface area (Å²) in [6.07, 6.45) is 0.622. The molecule has 10 nitrogen and oxygen atoms in total. The van der Waals surface area contributed by atoms with Crippen LogP contribution in [-0.2, 0) is 10.0 Å². The molecule has 1 atom stereocenters. The number of anilines is 1. The van der Waals surface area contributed by atoms with Crippen molar-refractivity contribution in [3.63, 3.8) is 0 Å². The predicted octanol–water partition coefficient (Wildman–Crippen LogP) is 1.87. The molecule has 0 bridgehead atoms. The Morgan fingerprint density at radius 1 is 1.18 bits per heavy atom. The first kappa shape index (κ1) is 22.1. The van der Waals surface area contributed by atoms with E-state index in [1.165, 1.54) is 30.8 Å². The Labute approximate surface area is 188 Å². The van der Waals surface area contributed by atoms with E-state index in [9.17, 15) is 17.9 Å². The summed E-state index contributed by atoms with van der Waals surface area (Å²) >= 11 is 0. The van der Waals surface area contributed by atoms with Crippen LogP contribution in [0.4, 0.5) is 10.1 Å². The maximum atomic E-state index is 13.2. The number of aliphatic hydroxyl groups excluding tert-OH is 1. The molecule has 0 saturated heterocycles. The molecule has 0 amide bonds. The van der Waals surface area contributed by atoms with Crippen molar-refractivity contribution in [1.29, 1.82) is 0 Å². The molecule has 0 fully saturated rings. The van der Waals surface area contributed by atoms with Crippen molar-refractivity contribution in [1.82, 2.24) is 24.8 Å². The average molecular weight is 468 g/mol. The summed E-state index contributed by atoms with van der Waals surface area (Å²) in [5, 5.41) is 21.8. The van der Waals surface area contributed by atoms with Gasteiger partial charge in [-0.3, -0.25) is 4.72 Å². The Bertz CT molecular complexity index is 1490. The number of nitrogens with one attached hydrogen (secondary N) is 1. The third-order valence-corrected chi connectivity index (χ3v) is 5.75. The number of methoxy groups -OCH3 is 1. The topological polar surface area (TPSA) is 132 Å². The fourth-order valence-corrected chi connectivity index (χ4v) is 3.88. The molecule has 168 valence electrons. The van der Waals surface area contributed by atoms with Gasteiger partial charge in [-0.1, -0.05) is 5.92 Å². The van der Waals surface area contributed by atoms with Gasteiger partial charge in [0.15, 0.2) is 5.65 Å². The van der Waals surface area contributed by atoms with Gasteiger partial charge in [0.2, 0.25) is 11.7 Å². The van der Waals surface area contributed by atoms with Gasteiger partial charge in [0.05, 0.1) is 17.7 Å². The van der Waals surface area contributed by atoms with E-state index in [-0.39, 0.29) is 22.3 Å². The Balaban J connectivity index is 1.74. The van der Waals surface area contributed by atoms with Crippen LogP contribution in [0.15, 0.2) is 53.6 Å². The number of hydrogen-bond donors (Lipinski definition) is 2. The van der Waals surface area contributed by atoms with E-state index >= 15 is 0 Å². The zero-order valence-electron chi connectivity index (χ0n) is 17.4. The van der Waals surface area contributed by atoms with Crippen molar-refractivity contribution < 1.29 is 22.7 Å². The molecule has 0 aliphatic rings. The van der Waals surface area contributed by atoms with Crippen molar-refractivity contribution in [2.45, 2.75) is 17.9 Å². The SMILES string of the molecule is COc1ncc(-c2ccc3nnc(C#CC(C)O)n3n2)cc1NS(=O)(=O)c1ccc(F)cc1. The maximum absolute atomic E-state index is 13.2. The van der Waals surface area contributed by atoms with E-state index in [1.807, 2.05) is 0 Å². The van der Waals surface area contributed by atoms with Gasteiger partial charge in [-0.25, -0.2) is 17.8 Å². The lowest BCUT2D eigenvalue weighted by Gasteiger charge is -2.12. The number of nitrogens with zero attached hydrogens (tertiary/aromatic N) is 5. The van der Waals surface area contributed by atoms with E-state index < -0.39 is 21.9 Å². The summed E-state index contributed by atoms with van der Waals surface area (Å²) in [7, 11) is -2.68. The largest absolute Gasteiger partial charge is 0.480 e. The molecule has 4 aromatic rings. The summed E-state index contributed by atoms with van der Waals surface area (Å²) in [5.41, 5.74) is 1.41. The molecule has 12 heteroatoms. The lowest BCUT2D eigenvalue weighted by Crippen LogP contribution is -2.14. The van der Waals surface area contributed by atoms with E-state index in [4.69, 9.17) is 4.74 Å². The van der Waals surface area contributed by atoms with Crippen LogP contribution < -0.4 is 9.46 Å². The smallest absolute Gasteiger partial charge is 0.262 e. The molecule has 3 aromatic heterocycles. The molecule has 0 aliphatic heterocycles. The summed E-state index contributed by atoms with van der Waals surface area (Å²) in [4.78, 5) is 4.04. The lowest BCUT2D eigenvalue weighted by atomic mass is 10.2. The monoisotopic (exact) mass is 468 g/mol. The van der Waals surface area contributed by atoms with Gasteiger partial charge in [0.25, 0.3) is 10.0 Å². The van der Waals surface area contributed by atoms with Crippen LogP contribution in [0, 0.1) is 17.7 Å². The van der Waals surface area contributed by atoms with Gasteiger partial charge in [-0.2, -0.15) is 9.61 Å². The Hall–Kier alpha value is -4.08. The third-order valence-electron chi connectivity index (χ3n) is 4.36. The summed E-state index contributed by atoms with van der Waals surface area (Å²) < 4.78 is 47.7. The molecular formula is C21H17FN6O4S. The number of hydrogen-bond acceptors (Lipinski definition) is 8. The number of halogens is 1. The second-order valence-electron chi connectivity index (χ2n) is 6.80. The van der Waals surface area contributed by atoms with Crippen LogP contribution in [0.1, 0.15) is 12.7 Å². The van der Waals surface area contributed by atoms with Crippen LogP contribution >= 0.6 is 0 Å². The van der Waals surface area contributed by atoms with Crippen LogP contribution in [-0.4, -0.2) is 51.5 Å². The molecule has 33 heavy (non-hydrogen) atoms. The van der Waals surface area contributed by atoms with Gasteiger partial charge < -0.3 is 9.84 Å². The molecule has 2 N–H and O–H groups in total. The van der Waals surface area contributed by atoms with Crippen LogP contribution in [0.3, 0.4) is 0 Å². The van der Waals surface area contributed by atoms with Crippen molar-refractivity contribution in [2.75, 3.05) is 11.8 Å². The van der Waals surface area contributed by atoms with Crippen LogP contribution in [0.25, 0.3) is 16.9 Å². The van der Waals surface area contributed by atoms with Crippen molar-refractivity contribution >= 4 is 21.4 Å². The quantitative estimate of drug-likeness (QED) is 0.425. The van der Waals surface area contributed by atoms with Crippen LogP contribution in [0.2, 0.25) is 0 Å². The molecule has 0 spiro atoms. The van der Waals surface area contributed by atoms with E-state index in [2.05, 4.69) is 36.8 Å². The van der Waals surface area contributed by atoms with E-state index in [0.29, 0.717) is 16.9 Å². The Morgan fingerprint density at radius 3 is 2.64 bits per heavy atom. The van der Waals surface area contributed by atoms with Gasteiger partial charge in [-0.05, 0) is 55.3 Å². The number of ether oxygens (including phenoxy) is 1. The first-order valence-electron chi connectivity index (χ1n) is 9.52. The molecule has 4 rings (SSSR count). The van der Waals surface area contributed by atoms with E-state index in [1.54, 1.807) is 12.1 Å². The molecule has 0 radical (unpaired) electrons. The minimum Gasteiger partial charge on any atom is -0.480 e. The Kier molecular flexibility index (Phi) is 5.91. The highest BCUT2D eigenvalue weighted by Gasteiger charge is 2.19. The van der Waals surface area contributed by atoms with Gasteiger partial charge >= 0.3 is 0 Å². The molecule has 1 aromatic carbocycles. The summed E-state index contributed by atoms with van der Waals surface area (Å²) in [6, 6.07) is 9.24. The van der Waals surface area contributed by atoms with Gasteiger partial charge in [-0.15, -0.1) is 10.2 Å². The van der Waals surface area contributed by atoms with Crippen molar-refractivity contribution in [2.24, 2.45) is 0 Å². The fourth-order valence-electron chi connectivity index (χ4n) is 2.84. The molecule has 0 aliphatic carbocycles. The Morgan fingerprint density at radius 2 is 1.94 bits per heavy atom. The maximum Gasteiger partial charge on any atom is 0.262 e. The second-order valence-corrected chi connectivity index (χ2v) is 8.48. The minimum atomic E-state index is -4.03. The number of aromatic nitrogens is 5. The minimum absolute atomic E-state index is 0.0401. The zero-order chi connectivity index (χ0) is 23.6. The standard InChI is InChI=1S/C21H17FN6O4S/c1-13(29)3-9-19-24-25-20-10-8-17(26-28(19)20)14-11-18(21(32-2)23-12-14)27-33(30,31)16-6-4-15(22)5-7-16/h4-8,10-13,27,29H,1-2H3. The summed E-state index contributed by atoms with van der Waals surface area (Å²) in [5.74, 6) is 5.00. The zero-order valence-corrected chi connectivity index (χ0v) is 18.2. The molecule has 0 saturated carbocycles. The highest BCUT2D eigenvalue weighted by atomic mass is 32.2. The van der Waals surface area contributed by atoms with Crippen LogP contribution in [0.5, 0.6) is 5.88 Å². The number of aliphatic hydroxyl groups is 1. The normalized spacial score (nSPS) is 12.1. The number of fused-ring (bicyclic) bond motifs is 1. The first-order chi connectivity index (χ1) is 15.8. The molecule has 3 heterocycles. The number of pyridine rings is 1. The third kappa shape index (κ3) is 4.74. The highest BCUT2D eigenvalue weighted by molar-refractivity contribution is 7.92. The summed E-state index contributed by atoms with van der Waals surface area (Å²) in [6.45, 7) is 1.52. The first-order valence-corrected chi connectivity index (χ1v) is 11.0. The van der Waals surface area contributed by atoms with E-state index in [0.717, 1.165) is 24.3 Å². The number of rotatable bonds is 5. The average Bonchev–Trinajstić information content (AvgIpc) is 3.20. The molecule has 1 unspecified atom stereocenters. The number of sulfonamides is 1. The fraction of sp³-hybridized carbons (Fsp3) is 0.143. The lowest BCUT2D eigenvalue weighted by molar-refractivity contribution is 0.253. The number of benzene rings is 1. The molecular weight excluding hydrogens is 451 g/mol. The van der Waals surface area contributed by atoms with Gasteiger partial charge in [0.1, 0.15) is 17.6 Å². The van der Waals surface area contributed by atoms with Crippen molar-refractivity contribution in [3.05, 3.63) is 60.3 Å². The second kappa shape index (κ2) is 8.81. The predicted molar refractivity (Wildman–Crippen MR) is 116 cm³/mol. The van der Waals surface area contributed by atoms with Crippen molar-refractivity contribution in [3.8, 4) is 29.0 Å². The highest BCUT2D eigenvalue weighted by Crippen LogP contribution is 2.29.